The van der Waals surface area contributed by atoms with Gasteiger partial charge in [0.1, 0.15) is 17.5 Å². The Kier molecular flexibility index (Phi) is 5.65. The van der Waals surface area contributed by atoms with Crippen molar-refractivity contribution in [1.82, 2.24) is 24.5 Å². The third-order valence-corrected chi connectivity index (χ3v) is 6.33. The molecule has 0 bridgehead atoms. The number of benzene rings is 1. The first-order valence-corrected chi connectivity index (χ1v) is 11.0. The Morgan fingerprint density at radius 2 is 1.91 bits per heavy atom. The van der Waals surface area contributed by atoms with E-state index in [2.05, 4.69) is 14.9 Å². The second kappa shape index (κ2) is 8.62. The molecule has 0 aliphatic carbocycles. The van der Waals surface area contributed by atoms with Gasteiger partial charge in [-0.05, 0) is 30.7 Å². The van der Waals surface area contributed by atoms with Crippen LogP contribution in [0, 0.1) is 11.6 Å². The van der Waals surface area contributed by atoms with Crippen molar-refractivity contribution in [3.8, 4) is 0 Å². The van der Waals surface area contributed by atoms with Crippen LogP contribution in [0.3, 0.4) is 0 Å². The van der Waals surface area contributed by atoms with Crippen molar-refractivity contribution in [2.45, 2.75) is 25.6 Å². The standard InChI is InChI=1S/C23H25F2N7O/c1-2-14(21-16(24)12-17-15(22(21)25)4-3-7-27-17)18-13-28-19-5-6-20(29-32(18)19)30-8-10-31(11-9-30)23(26)33/h3-7,12-14,23,33H,2,8-11,26H2,1H3/t14-,23?/m1/s1. The number of aliphatic hydroxyl groups is 1. The molecular formula is C23H25F2N7O. The van der Waals surface area contributed by atoms with Crippen molar-refractivity contribution in [2.24, 2.45) is 5.73 Å². The van der Waals surface area contributed by atoms with E-state index in [0.717, 1.165) is 5.82 Å². The van der Waals surface area contributed by atoms with E-state index in [1.165, 1.54) is 12.3 Å². The molecule has 4 heterocycles. The number of imidazole rings is 1. The topological polar surface area (TPSA) is 95.8 Å². The van der Waals surface area contributed by atoms with Gasteiger partial charge in [-0.25, -0.2) is 18.3 Å². The maximum atomic E-state index is 15.5. The van der Waals surface area contributed by atoms with Crippen molar-refractivity contribution in [2.75, 3.05) is 31.1 Å². The van der Waals surface area contributed by atoms with Crippen LogP contribution < -0.4 is 10.6 Å². The first-order chi connectivity index (χ1) is 16.0. The minimum absolute atomic E-state index is 0.00227. The van der Waals surface area contributed by atoms with Gasteiger partial charge in [-0.2, -0.15) is 0 Å². The number of halogens is 2. The van der Waals surface area contributed by atoms with Crippen LogP contribution >= 0.6 is 0 Å². The molecule has 0 amide bonds. The highest BCUT2D eigenvalue weighted by Gasteiger charge is 2.27. The van der Waals surface area contributed by atoms with Gasteiger partial charge in [0.15, 0.2) is 12.0 Å². The zero-order valence-electron chi connectivity index (χ0n) is 18.2. The van der Waals surface area contributed by atoms with Crippen LogP contribution in [0.25, 0.3) is 16.6 Å². The first kappa shape index (κ1) is 21.6. The number of aliphatic hydroxyl groups excluding tert-OH is 1. The Labute approximate surface area is 189 Å². The second-order valence-electron chi connectivity index (χ2n) is 8.20. The highest BCUT2D eigenvalue weighted by Crippen LogP contribution is 2.35. The number of nitrogens with zero attached hydrogens (tertiary/aromatic N) is 6. The molecule has 1 aromatic carbocycles. The average Bonchev–Trinajstić information content (AvgIpc) is 3.25. The summed E-state index contributed by atoms with van der Waals surface area (Å²) in [5, 5.41) is 14.6. The summed E-state index contributed by atoms with van der Waals surface area (Å²) in [5.74, 6) is -1.08. The largest absolute Gasteiger partial charge is 0.365 e. The lowest BCUT2D eigenvalue weighted by atomic mass is 9.91. The molecule has 0 spiro atoms. The summed E-state index contributed by atoms with van der Waals surface area (Å²) in [5.41, 5.74) is 7.07. The molecule has 1 saturated heterocycles. The Bertz CT molecular complexity index is 1300. The van der Waals surface area contributed by atoms with Crippen LogP contribution in [0.4, 0.5) is 14.6 Å². The van der Waals surface area contributed by atoms with Gasteiger partial charge in [-0.1, -0.05) is 6.92 Å². The van der Waals surface area contributed by atoms with Crippen LogP contribution in [-0.2, 0) is 0 Å². The van der Waals surface area contributed by atoms with E-state index < -0.39 is 23.9 Å². The molecular weight excluding hydrogens is 428 g/mol. The second-order valence-corrected chi connectivity index (χ2v) is 8.20. The average molecular weight is 453 g/mol. The number of anilines is 1. The van der Waals surface area contributed by atoms with E-state index in [-0.39, 0.29) is 16.5 Å². The van der Waals surface area contributed by atoms with Crippen molar-refractivity contribution in [1.29, 1.82) is 0 Å². The Morgan fingerprint density at radius 1 is 1.12 bits per heavy atom. The van der Waals surface area contributed by atoms with Crippen LogP contribution in [0.1, 0.15) is 30.5 Å². The summed E-state index contributed by atoms with van der Waals surface area (Å²) in [6.45, 7) is 4.39. The van der Waals surface area contributed by atoms with Gasteiger partial charge >= 0.3 is 0 Å². The van der Waals surface area contributed by atoms with Gasteiger partial charge in [0.2, 0.25) is 0 Å². The van der Waals surface area contributed by atoms with Crippen molar-refractivity contribution in [3.05, 3.63) is 65.6 Å². The number of hydrogen-bond donors (Lipinski definition) is 2. The molecule has 10 heteroatoms. The molecule has 1 fully saturated rings. The quantitative estimate of drug-likeness (QED) is 0.448. The summed E-state index contributed by atoms with van der Waals surface area (Å²) in [4.78, 5) is 12.4. The molecule has 0 saturated carbocycles. The first-order valence-electron chi connectivity index (χ1n) is 11.0. The third-order valence-electron chi connectivity index (χ3n) is 6.33. The number of nitrogens with two attached hydrogens (primary N) is 1. The molecule has 8 nitrogen and oxygen atoms in total. The van der Waals surface area contributed by atoms with Crippen LogP contribution in [0.15, 0.2) is 42.7 Å². The number of rotatable bonds is 5. The maximum Gasteiger partial charge on any atom is 0.160 e. The summed E-state index contributed by atoms with van der Waals surface area (Å²) in [6, 6.07) is 8.25. The fourth-order valence-corrected chi connectivity index (χ4v) is 4.55. The van der Waals surface area contributed by atoms with Crippen molar-refractivity contribution < 1.29 is 13.9 Å². The van der Waals surface area contributed by atoms with E-state index in [1.54, 1.807) is 27.7 Å². The summed E-state index contributed by atoms with van der Waals surface area (Å²) in [6.07, 6.45) is 2.64. The van der Waals surface area contributed by atoms with Crippen LogP contribution in [0.2, 0.25) is 0 Å². The summed E-state index contributed by atoms with van der Waals surface area (Å²) in [7, 11) is 0. The number of fused-ring (bicyclic) bond motifs is 2. The Balaban J connectivity index is 1.54. The zero-order chi connectivity index (χ0) is 23.1. The number of piperazine rings is 1. The molecule has 1 aliphatic heterocycles. The highest BCUT2D eigenvalue weighted by molar-refractivity contribution is 5.80. The molecule has 2 atom stereocenters. The van der Waals surface area contributed by atoms with Crippen LogP contribution in [0.5, 0.6) is 0 Å². The molecule has 4 aromatic rings. The van der Waals surface area contributed by atoms with E-state index in [4.69, 9.17) is 10.8 Å². The molecule has 1 unspecified atom stereocenters. The summed E-state index contributed by atoms with van der Waals surface area (Å²) >= 11 is 0. The fourth-order valence-electron chi connectivity index (χ4n) is 4.55. The van der Waals surface area contributed by atoms with Gasteiger partial charge < -0.3 is 10.0 Å². The van der Waals surface area contributed by atoms with Gasteiger partial charge in [0, 0.05) is 55.3 Å². The number of aromatic nitrogens is 4. The lowest BCUT2D eigenvalue weighted by Crippen LogP contribution is -2.53. The molecule has 3 N–H and O–H groups in total. The van der Waals surface area contributed by atoms with E-state index in [0.29, 0.717) is 43.9 Å². The Morgan fingerprint density at radius 3 is 2.64 bits per heavy atom. The minimum atomic E-state index is -0.977. The lowest BCUT2D eigenvalue weighted by molar-refractivity contribution is 0.00559. The van der Waals surface area contributed by atoms with E-state index in [1.807, 2.05) is 19.1 Å². The molecule has 0 radical (unpaired) electrons. The minimum Gasteiger partial charge on any atom is -0.365 e. The summed E-state index contributed by atoms with van der Waals surface area (Å²) < 4.78 is 32.2. The van der Waals surface area contributed by atoms with E-state index in [9.17, 15) is 5.11 Å². The Hall–Kier alpha value is -3.21. The monoisotopic (exact) mass is 453 g/mol. The molecule has 172 valence electrons. The fraction of sp³-hybridized carbons (Fsp3) is 0.348. The van der Waals surface area contributed by atoms with Crippen molar-refractivity contribution >= 4 is 22.4 Å². The molecule has 33 heavy (non-hydrogen) atoms. The molecule has 3 aromatic heterocycles. The van der Waals surface area contributed by atoms with Gasteiger partial charge in [-0.15, -0.1) is 5.10 Å². The smallest absolute Gasteiger partial charge is 0.160 e. The van der Waals surface area contributed by atoms with Crippen molar-refractivity contribution in [3.63, 3.8) is 0 Å². The predicted molar refractivity (Wildman–Crippen MR) is 121 cm³/mol. The SMILES string of the molecule is CC[C@@H](c1c(F)cc2ncccc2c1F)c1cnc2ccc(N3CCN(C(N)O)CC3)nn12. The number of hydrogen-bond acceptors (Lipinski definition) is 7. The van der Waals surface area contributed by atoms with Gasteiger partial charge in [-0.3, -0.25) is 15.6 Å². The maximum absolute atomic E-state index is 15.5. The lowest BCUT2D eigenvalue weighted by Gasteiger charge is -2.36. The molecule has 1 aliphatic rings. The predicted octanol–water partition coefficient (Wildman–Crippen LogP) is 2.45. The number of pyridine rings is 1. The molecule has 5 rings (SSSR count). The third kappa shape index (κ3) is 3.79. The zero-order valence-corrected chi connectivity index (χ0v) is 18.2. The van der Waals surface area contributed by atoms with Gasteiger partial charge in [0.25, 0.3) is 0 Å². The van der Waals surface area contributed by atoms with Crippen LogP contribution in [-0.4, -0.2) is 62.1 Å². The van der Waals surface area contributed by atoms with E-state index >= 15 is 8.78 Å². The van der Waals surface area contributed by atoms with Gasteiger partial charge in [0.05, 0.1) is 17.4 Å². The normalized spacial score (nSPS) is 17.1. The highest BCUT2D eigenvalue weighted by atomic mass is 19.1.